The summed E-state index contributed by atoms with van der Waals surface area (Å²) in [5.74, 6) is -0.187. The molecule has 0 radical (unpaired) electrons. The summed E-state index contributed by atoms with van der Waals surface area (Å²) < 4.78 is 34.8. The Hall–Kier alpha value is -3.21. The predicted octanol–water partition coefficient (Wildman–Crippen LogP) is 6.52. The second-order valence-corrected chi connectivity index (χ2v) is 14.0. The van der Waals surface area contributed by atoms with Crippen molar-refractivity contribution in [1.82, 2.24) is 10.2 Å². The maximum absolute atomic E-state index is 14.2. The maximum atomic E-state index is 14.2. The van der Waals surface area contributed by atoms with Crippen LogP contribution in [0.25, 0.3) is 0 Å². The largest absolute Gasteiger partial charge is 0.494 e. The van der Waals surface area contributed by atoms with E-state index in [2.05, 4.69) is 5.32 Å². The van der Waals surface area contributed by atoms with Crippen LogP contribution in [0.1, 0.15) is 51.5 Å². The zero-order valence-corrected chi connectivity index (χ0v) is 27.8. The van der Waals surface area contributed by atoms with Gasteiger partial charge in [0.1, 0.15) is 18.3 Å². The van der Waals surface area contributed by atoms with Gasteiger partial charge in [-0.25, -0.2) is 8.42 Å². The number of anilines is 1. The first-order valence-electron chi connectivity index (χ1n) is 14.9. The molecule has 4 rings (SSSR count). The first-order valence-corrected chi connectivity index (χ1v) is 17.9. The van der Waals surface area contributed by atoms with Gasteiger partial charge in [0, 0.05) is 22.5 Å². The van der Waals surface area contributed by atoms with Gasteiger partial charge in [-0.3, -0.25) is 13.9 Å². The van der Waals surface area contributed by atoms with Crippen LogP contribution in [0.5, 0.6) is 5.75 Å². The van der Waals surface area contributed by atoms with Gasteiger partial charge in [0.25, 0.3) is 10.0 Å². The highest BCUT2D eigenvalue weighted by atomic mass is 35.5. The number of benzene rings is 3. The Kier molecular flexibility index (Phi) is 12.0. The summed E-state index contributed by atoms with van der Waals surface area (Å²) in [6.45, 7) is 3.61. The third kappa shape index (κ3) is 8.70. The number of nitrogens with one attached hydrogen (secondary N) is 1. The van der Waals surface area contributed by atoms with E-state index in [1.54, 1.807) is 79.7 Å². The molecule has 3 aromatic rings. The van der Waals surface area contributed by atoms with Crippen molar-refractivity contribution in [2.24, 2.45) is 0 Å². The number of ether oxygens (including phenoxy) is 1. The number of thioether (sulfide) groups is 1. The van der Waals surface area contributed by atoms with Crippen molar-refractivity contribution >= 4 is 50.9 Å². The Balaban J connectivity index is 1.68. The molecule has 11 heteroatoms. The lowest BCUT2D eigenvalue weighted by Crippen LogP contribution is -2.53. The van der Waals surface area contributed by atoms with E-state index in [9.17, 15) is 18.0 Å². The van der Waals surface area contributed by atoms with E-state index in [1.807, 2.05) is 13.2 Å². The smallest absolute Gasteiger partial charge is 0.264 e. The molecule has 44 heavy (non-hydrogen) atoms. The van der Waals surface area contributed by atoms with E-state index in [-0.39, 0.29) is 23.4 Å². The first kappa shape index (κ1) is 33.7. The minimum atomic E-state index is -4.16. The molecule has 8 nitrogen and oxygen atoms in total. The minimum absolute atomic E-state index is 0.0596. The third-order valence-electron chi connectivity index (χ3n) is 7.75. The second kappa shape index (κ2) is 15.7. The minimum Gasteiger partial charge on any atom is -0.494 e. The van der Waals surface area contributed by atoms with Crippen molar-refractivity contribution in [3.05, 3.63) is 83.4 Å². The third-order valence-corrected chi connectivity index (χ3v) is 10.5. The van der Waals surface area contributed by atoms with Crippen molar-refractivity contribution in [3.8, 4) is 5.75 Å². The highest BCUT2D eigenvalue weighted by molar-refractivity contribution is 7.98. The first-order chi connectivity index (χ1) is 21.1. The molecule has 1 aliphatic carbocycles. The molecule has 1 N–H and O–H groups in total. The molecule has 1 aliphatic rings. The van der Waals surface area contributed by atoms with Gasteiger partial charge in [0.2, 0.25) is 11.8 Å². The summed E-state index contributed by atoms with van der Waals surface area (Å²) in [5.41, 5.74) is 1.07. The summed E-state index contributed by atoms with van der Waals surface area (Å²) in [7, 11) is -4.16. The van der Waals surface area contributed by atoms with Crippen LogP contribution in [0.3, 0.4) is 0 Å². The lowest BCUT2D eigenvalue weighted by atomic mass is 9.95. The number of halogens is 1. The summed E-state index contributed by atoms with van der Waals surface area (Å²) in [6, 6.07) is 19.4. The number of hydrogen-bond acceptors (Lipinski definition) is 6. The van der Waals surface area contributed by atoms with Gasteiger partial charge in [0.05, 0.1) is 17.2 Å². The molecule has 3 aromatic carbocycles. The monoisotopic (exact) mass is 657 g/mol. The number of sulfonamides is 1. The van der Waals surface area contributed by atoms with Gasteiger partial charge < -0.3 is 15.0 Å². The van der Waals surface area contributed by atoms with Crippen LogP contribution in [0, 0.1) is 0 Å². The van der Waals surface area contributed by atoms with E-state index >= 15 is 0 Å². The molecule has 236 valence electrons. The van der Waals surface area contributed by atoms with Gasteiger partial charge >= 0.3 is 0 Å². The predicted molar refractivity (Wildman–Crippen MR) is 177 cm³/mol. The number of amides is 2. The SMILES string of the molecule is CCOc1ccc(N(CC(=O)N(Cc2ccc(Cl)cc2)[C@H](C)C(=O)NC2CCCCC2)S(=O)(=O)c2ccc(SC)cc2)cc1. The summed E-state index contributed by atoms with van der Waals surface area (Å²) in [6.07, 6.45) is 6.98. The molecular formula is C33H40ClN3O5S2. The van der Waals surface area contributed by atoms with Crippen molar-refractivity contribution in [2.45, 2.75) is 74.4 Å². The van der Waals surface area contributed by atoms with Crippen LogP contribution in [-0.4, -0.2) is 56.6 Å². The molecule has 1 fully saturated rings. The van der Waals surface area contributed by atoms with E-state index < -0.39 is 28.5 Å². The molecule has 0 heterocycles. The van der Waals surface area contributed by atoms with E-state index in [0.29, 0.717) is 23.1 Å². The van der Waals surface area contributed by atoms with Crippen LogP contribution < -0.4 is 14.4 Å². The van der Waals surface area contributed by atoms with Crippen LogP contribution in [0.2, 0.25) is 5.02 Å². The summed E-state index contributed by atoms with van der Waals surface area (Å²) >= 11 is 7.60. The van der Waals surface area contributed by atoms with E-state index in [0.717, 1.165) is 46.9 Å². The Bertz CT molecular complexity index is 1490. The topological polar surface area (TPSA) is 96.0 Å². The molecule has 0 spiro atoms. The number of rotatable bonds is 13. The molecule has 1 atom stereocenters. The van der Waals surface area contributed by atoms with E-state index in [1.165, 1.54) is 16.7 Å². The number of carbonyl (C=O) groups is 2. The lowest BCUT2D eigenvalue weighted by molar-refractivity contribution is -0.139. The Morgan fingerprint density at radius 2 is 1.61 bits per heavy atom. The highest BCUT2D eigenvalue weighted by Crippen LogP contribution is 2.28. The molecule has 2 amide bonds. The molecule has 0 bridgehead atoms. The quantitative estimate of drug-likeness (QED) is 0.210. The van der Waals surface area contributed by atoms with Gasteiger partial charge in [-0.05, 0) is 99.2 Å². The lowest BCUT2D eigenvalue weighted by Gasteiger charge is -2.33. The number of nitrogens with zero attached hydrogens (tertiary/aromatic N) is 2. The molecule has 0 saturated heterocycles. The van der Waals surface area contributed by atoms with Gasteiger partial charge in [-0.15, -0.1) is 11.8 Å². The second-order valence-electron chi connectivity index (χ2n) is 10.8. The maximum Gasteiger partial charge on any atom is 0.264 e. The fourth-order valence-corrected chi connectivity index (χ4v) is 7.17. The standard InChI is InChI=1S/C33H40ClN3O5S2/c1-4-42-29-16-14-28(15-17-29)37(44(40,41)31-20-18-30(43-3)19-21-31)23-32(38)36(22-25-10-12-26(34)13-11-25)24(2)33(39)35-27-8-6-5-7-9-27/h10-21,24,27H,4-9,22-23H2,1-3H3,(H,35,39)/t24-/m1/s1. The fourth-order valence-electron chi connectivity index (χ4n) is 5.22. The fraction of sp³-hybridized carbons (Fsp3) is 0.394. The molecule has 0 aliphatic heterocycles. The normalized spacial score (nSPS) is 14.5. The number of hydrogen-bond donors (Lipinski definition) is 1. The van der Waals surface area contributed by atoms with Gasteiger partial charge in [0.15, 0.2) is 0 Å². The van der Waals surface area contributed by atoms with Gasteiger partial charge in [-0.2, -0.15) is 0 Å². The van der Waals surface area contributed by atoms with Crippen LogP contribution in [-0.2, 0) is 26.2 Å². The van der Waals surface area contributed by atoms with Crippen LogP contribution in [0.15, 0.2) is 82.6 Å². The molecule has 0 unspecified atom stereocenters. The highest BCUT2D eigenvalue weighted by Gasteiger charge is 2.33. The van der Waals surface area contributed by atoms with E-state index in [4.69, 9.17) is 16.3 Å². The zero-order valence-electron chi connectivity index (χ0n) is 25.4. The van der Waals surface area contributed by atoms with Crippen molar-refractivity contribution in [1.29, 1.82) is 0 Å². The summed E-state index contributed by atoms with van der Waals surface area (Å²) in [5, 5.41) is 3.67. The zero-order chi connectivity index (χ0) is 31.7. The average molecular weight is 658 g/mol. The Labute approximate surface area is 270 Å². The Morgan fingerprint density at radius 1 is 0.977 bits per heavy atom. The van der Waals surface area contributed by atoms with Crippen molar-refractivity contribution < 1.29 is 22.7 Å². The molecule has 1 saturated carbocycles. The van der Waals surface area contributed by atoms with Crippen molar-refractivity contribution in [2.75, 3.05) is 23.7 Å². The average Bonchev–Trinajstić information content (AvgIpc) is 3.04. The molecular weight excluding hydrogens is 618 g/mol. The van der Waals surface area contributed by atoms with Crippen molar-refractivity contribution in [3.63, 3.8) is 0 Å². The van der Waals surface area contributed by atoms with Crippen LogP contribution in [0.4, 0.5) is 5.69 Å². The summed E-state index contributed by atoms with van der Waals surface area (Å²) in [4.78, 5) is 30.0. The van der Waals surface area contributed by atoms with Gasteiger partial charge in [-0.1, -0.05) is 43.0 Å². The molecule has 0 aromatic heterocycles. The number of carbonyl (C=O) groups excluding carboxylic acids is 2. The van der Waals surface area contributed by atoms with Crippen LogP contribution >= 0.6 is 23.4 Å². The Morgan fingerprint density at radius 3 is 2.20 bits per heavy atom.